The van der Waals surface area contributed by atoms with Gasteiger partial charge in [-0.25, -0.2) is 9.37 Å². The lowest BCUT2D eigenvalue weighted by atomic mass is 10.1. The first-order valence-electron chi connectivity index (χ1n) is 7.50. The number of nitrogens with zero attached hydrogens (tertiary/aromatic N) is 3. The molecule has 2 aromatic heterocycles. The van der Waals surface area contributed by atoms with E-state index in [1.807, 2.05) is 27.0 Å². The first-order valence-corrected chi connectivity index (χ1v) is 7.50. The predicted molar refractivity (Wildman–Crippen MR) is 86.1 cm³/mol. The summed E-state index contributed by atoms with van der Waals surface area (Å²) in [5.74, 6) is 1.28. The number of aryl methyl sites for hydroxylation is 2. The van der Waals surface area contributed by atoms with Gasteiger partial charge in [-0.1, -0.05) is 0 Å². The topological polar surface area (TPSA) is 74.8 Å². The molecule has 0 amide bonds. The molecule has 1 aliphatic heterocycles. The van der Waals surface area contributed by atoms with Gasteiger partial charge in [0.05, 0.1) is 5.39 Å². The fourth-order valence-electron chi connectivity index (χ4n) is 2.95. The third-order valence-corrected chi connectivity index (χ3v) is 3.97. The molecule has 3 rings (SSSR count). The van der Waals surface area contributed by atoms with Crippen LogP contribution in [0.4, 0.5) is 16.2 Å². The van der Waals surface area contributed by atoms with Crippen molar-refractivity contribution in [1.29, 1.82) is 0 Å². The fourth-order valence-corrected chi connectivity index (χ4v) is 2.95. The molecular formula is C15H21FN6. The van der Waals surface area contributed by atoms with E-state index in [4.69, 9.17) is 0 Å². The van der Waals surface area contributed by atoms with Crippen molar-refractivity contribution in [3.05, 3.63) is 17.3 Å². The zero-order valence-electron chi connectivity index (χ0n) is 13.1. The molecule has 2 aromatic rings. The number of hydrogen-bond acceptors (Lipinski definition) is 6. The number of nitrogens with one attached hydrogen (secondary N) is 3. The molecule has 0 saturated carbocycles. The molecule has 2 atom stereocenters. The third kappa shape index (κ3) is 2.81. The number of fused-ring (bicyclic) bond motifs is 1. The van der Waals surface area contributed by atoms with Crippen LogP contribution in [0.15, 0.2) is 6.07 Å². The number of pyridine rings is 1. The van der Waals surface area contributed by atoms with Crippen molar-refractivity contribution >= 4 is 22.8 Å². The fraction of sp³-hybridized carbons (Fsp3) is 0.533. The Labute approximate surface area is 129 Å². The first kappa shape index (κ1) is 14.9. The summed E-state index contributed by atoms with van der Waals surface area (Å²) in [6.45, 7) is 4.35. The Kier molecular flexibility index (Phi) is 4.06. The van der Waals surface area contributed by atoms with Gasteiger partial charge in [0.15, 0.2) is 5.65 Å². The first-order chi connectivity index (χ1) is 10.6. The van der Waals surface area contributed by atoms with Gasteiger partial charge in [0, 0.05) is 31.4 Å². The molecule has 0 aliphatic carbocycles. The predicted octanol–water partition coefficient (Wildman–Crippen LogP) is 1.80. The number of aromatic nitrogens is 3. The molecule has 3 heterocycles. The molecule has 3 N–H and O–H groups in total. The SMILES string of the molecule is CNc1nc(N[C@H]2CN[C@H](CF)C2)nc2nc(C)cc(C)c12. The number of alkyl halides is 1. The van der Waals surface area contributed by atoms with Gasteiger partial charge in [-0.3, -0.25) is 0 Å². The lowest BCUT2D eigenvalue weighted by Crippen LogP contribution is -2.24. The minimum absolute atomic E-state index is 0.0793. The lowest BCUT2D eigenvalue weighted by Gasteiger charge is -2.14. The molecule has 0 spiro atoms. The van der Waals surface area contributed by atoms with E-state index >= 15 is 0 Å². The van der Waals surface area contributed by atoms with Gasteiger partial charge in [0.2, 0.25) is 5.95 Å². The second-order valence-electron chi connectivity index (χ2n) is 5.76. The van der Waals surface area contributed by atoms with E-state index in [0.29, 0.717) is 18.1 Å². The molecule has 7 heteroatoms. The van der Waals surface area contributed by atoms with E-state index in [2.05, 4.69) is 30.9 Å². The third-order valence-electron chi connectivity index (χ3n) is 3.97. The summed E-state index contributed by atoms with van der Waals surface area (Å²) in [6.07, 6.45) is 0.729. The van der Waals surface area contributed by atoms with Crippen molar-refractivity contribution in [2.75, 3.05) is 30.9 Å². The molecule has 6 nitrogen and oxygen atoms in total. The minimum Gasteiger partial charge on any atom is -0.372 e. The molecule has 0 unspecified atom stereocenters. The second kappa shape index (κ2) is 6.00. The highest BCUT2D eigenvalue weighted by atomic mass is 19.1. The van der Waals surface area contributed by atoms with Gasteiger partial charge in [0.1, 0.15) is 12.5 Å². The van der Waals surface area contributed by atoms with Gasteiger partial charge in [-0.05, 0) is 31.9 Å². The zero-order valence-corrected chi connectivity index (χ0v) is 13.1. The van der Waals surface area contributed by atoms with Crippen LogP contribution in [0, 0.1) is 13.8 Å². The van der Waals surface area contributed by atoms with Gasteiger partial charge < -0.3 is 16.0 Å². The van der Waals surface area contributed by atoms with Crippen molar-refractivity contribution in [1.82, 2.24) is 20.3 Å². The van der Waals surface area contributed by atoms with Crippen LogP contribution in [0.1, 0.15) is 17.7 Å². The van der Waals surface area contributed by atoms with Crippen LogP contribution in [-0.4, -0.2) is 47.3 Å². The van der Waals surface area contributed by atoms with Crippen molar-refractivity contribution in [3.63, 3.8) is 0 Å². The summed E-state index contributed by atoms with van der Waals surface area (Å²) in [5.41, 5.74) is 2.70. The van der Waals surface area contributed by atoms with E-state index < -0.39 is 0 Å². The average Bonchev–Trinajstić information content (AvgIpc) is 2.93. The van der Waals surface area contributed by atoms with Gasteiger partial charge in [0.25, 0.3) is 0 Å². The average molecular weight is 304 g/mol. The lowest BCUT2D eigenvalue weighted by molar-refractivity contribution is 0.404. The van der Waals surface area contributed by atoms with Gasteiger partial charge >= 0.3 is 0 Å². The second-order valence-corrected chi connectivity index (χ2v) is 5.76. The maximum Gasteiger partial charge on any atom is 0.226 e. The summed E-state index contributed by atoms with van der Waals surface area (Å²) in [4.78, 5) is 13.6. The van der Waals surface area contributed by atoms with Crippen LogP contribution in [-0.2, 0) is 0 Å². The Bertz CT molecular complexity index is 689. The Morgan fingerprint density at radius 3 is 2.82 bits per heavy atom. The number of rotatable bonds is 4. The highest BCUT2D eigenvalue weighted by molar-refractivity contribution is 5.90. The molecule has 0 radical (unpaired) electrons. The Hall–Kier alpha value is -2.02. The summed E-state index contributed by atoms with van der Waals surface area (Å²) in [6, 6.07) is 2.07. The van der Waals surface area contributed by atoms with Crippen molar-refractivity contribution in [2.24, 2.45) is 0 Å². The van der Waals surface area contributed by atoms with Crippen LogP contribution in [0.2, 0.25) is 0 Å². The molecule has 0 aromatic carbocycles. The molecule has 22 heavy (non-hydrogen) atoms. The van der Waals surface area contributed by atoms with Crippen molar-refractivity contribution in [3.8, 4) is 0 Å². The zero-order chi connectivity index (χ0) is 15.7. The molecule has 1 fully saturated rings. The van der Waals surface area contributed by atoms with Crippen LogP contribution in [0.5, 0.6) is 0 Å². The van der Waals surface area contributed by atoms with Crippen LogP contribution >= 0.6 is 0 Å². The van der Waals surface area contributed by atoms with Gasteiger partial charge in [-0.2, -0.15) is 9.97 Å². The molecule has 118 valence electrons. The maximum atomic E-state index is 12.7. The molecule has 1 aliphatic rings. The van der Waals surface area contributed by atoms with Crippen molar-refractivity contribution < 1.29 is 4.39 Å². The minimum atomic E-state index is -0.349. The number of halogens is 1. The normalized spacial score (nSPS) is 21.3. The summed E-state index contributed by atoms with van der Waals surface area (Å²) in [5, 5.41) is 10.5. The Balaban J connectivity index is 1.94. The molecule has 1 saturated heterocycles. The monoisotopic (exact) mass is 304 g/mol. The maximum absolute atomic E-state index is 12.7. The Morgan fingerprint density at radius 2 is 2.14 bits per heavy atom. The quantitative estimate of drug-likeness (QED) is 0.800. The van der Waals surface area contributed by atoms with Crippen LogP contribution in [0.3, 0.4) is 0 Å². The smallest absolute Gasteiger partial charge is 0.226 e. The number of hydrogen-bond donors (Lipinski definition) is 3. The van der Waals surface area contributed by atoms with E-state index in [1.165, 1.54) is 0 Å². The number of anilines is 2. The van der Waals surface area contributed by atoms with Crippen LogP contribution in [0.25, 0.3) is 11.0 Å². The highest BCUT2D eigenvalue weighted by Crippen LogP contribution is 2.25. The van der Waals surface area contributed by atoms with E-state index in [-0.39, 0.29) is 18.8 Å². The molecular weight excluding hydrogens is 283 g/mol. The van der Waals surface area contributed by atoms with Crippen molar-refractivity contribution in [2.45, 2.75) is 32.4 Å². The van der Waals surface area contributed by atoms with Gasteiger partial charge in [-0.15, -0.1) is 0 Å². The Morgan fingerprint density at radius 1 is 1.32 bits per heavy atom. The summed E-state index contributed by atoms with van der Waals surface area (Å²) in [7, 11) is 1.83. The largest absolute Gasteiger partial charge is 0.372 e. The summed E-state index contributed by atoms with van der Waals surface area (Å²) < 4.78 is 12.7. The van der Waals surface area contributed by atoms with Crippen LogP contribution < -0.4 is 16.0 Å². The van der Waals surface area contributed by atoms with E-state index in [0.717, 1.165) is 28.9 Å². The standard InChI is InChI=1S/C15H21FN6/c1-8-4-9(2)19-14-12(8)13(17-3)21-15(22-14)20-11-5-10(6-16)18-7-11/h4,10-11,18H,5-7H2,1-3H3,(H2,17,19,20,21,22)/t10-,11+/m0/s1. The van der Waals surface area contributed by atoms with E-state index in [9.17, 15) is 4.39 Å². The molecule has 0 bridgehead atoms. The highest BCUT2D eigenvalue weighted by Gasteiger charge is 2.24. The summed E-state index contributed by atoms with van der Waals surface area (Å²) >= 11 is 0. The van der Waals surface area contributed by atoms with E-state index in [1.54, 1.807) is 0 Å².